The predicted molar refractivity (Wildman–Crippen MR) is 78.6 cm³/mol. The summed E-state index contributed by atoms with van der Waals surface area (Å²) in [5.74, 6) is 2.32. The van der Waals surface area contributed by atoms with Crippen molar-refractivity contribution >= 4 is 9.84 Å². The number of sulfone groups is 1. The first-order chi connectivity index (χ1) is 10.1. The first-order valence-corrected chi connectivity index (χ1v) is 9.71. The van der Waals surface area contributed by atoms with Crippen LogP contribution in [0.15, 0.2) is 4.52 Å². The summed E-state index contributed by atoms with van der Waals surface area (Å²) < 4.78 is 28.1. The van der Waals surface area contributed by atoms with Crippen molar-refractivity contribution in [3.8, 4) is 0 Å². The monoisotopic (exact) mass is 313 g/mol. The van der Waals surface area contributed by atoms with Crippen molar-refractivity contribution < 1.29 is 12.9 Å². The Labute approximate surface area is 125 Å². The van der Waals surface area contributed by atoms with Gasteiger partial charge in [-0.3, -0.25) is 0 Å². The molecule has 0 amide bonds. The van der Waals surface area contributed by atoms with E-state index in [2.05, 4.69) is 15.5 Å². The number of aromatic nitrogens is 2. The highest BCUT2D eigenvalue weighted by atomic mass is 32.2. The minimum atomic E-state index is -2.84. The van der Waals surface area contributed by atoms with Crippen LogP contribution in [0.1, 0.15) is 62.6 Å². The minimum absolute atomic E-state index is 0.0169. The maximum atomic E-state index is 11.4. The van der Waals surface area contributed by atoms with E-state index in [4.69, 9.17) is 4.52 Å². The van der Waals surface area contributed by atoms with Gasteiger partial charge < -0.3 is 9.84 Å². The zero-order chi connectivity index (χ0) is 14.7. The molecular weight excluding hydrogens is 290 g/mol. The normalized spacial score (nSPS) is 26.8. The molecule has 2 heterocycles. The lowest BCUT2D eigenvalue weighted by molar-refractivity contribution is 0.351. The van der Waals surface area contributed by atoms with Gasteiger partial charge in [-0.25, -0.2) is 8.42 Å². The molecule has 1 aliphatic carbocycles. The Balaban J connectivity index is 1.53. The van der Waals surface area contributed by atoms with Crippen molar-refractivity contribution in [1.82, 2.24) is 15.5 Å². The van der Waals surface area contributed by atoms with Crippen LogP contribution in [0.2, 0.25) is 0 Å². The summed E-state index contributed by atoms with van der Waals surface area (Å²) in [6.07, 6.45) is 8.06. The summed E-state index contributed by atoms with van der Waals surface area (Å²) in [6.45, 7) is 0.458. The fraction of sp³-hybridized carbons (Fsp3) is 0.857. The van der Waals surface area contributed by atoms with Crippen LogP contribution in [0.3, 0.4) is 0 Å². The van der Waals surface area contributed by atoms with Crippen LogP contribution in [0.25, 0.3) is 0 Å². The van der Waals surface area contributed by atoms with Gasteiger partial charge in [0.1, 0.15) is 0 Å². The Morgan fingerprint density at radius 2 is 1.90 bits per heavy atom. The van der Waals surface area contributed by atoms with Crippen LogP contribution in [0.4, 0.5) is 0 Å². The van der Waals surface area contributed by atoms with Gasteiger partial charge in [0.05, 0.1) is 18.1 Å². The van der Waals surface area contributed by atoms with Gasteiger partial charge in [0.25, 0.3) is 0 Å². The third-order valence-electron chi connectivity index (χ3n) is 4.48. The van der Waals surface area contributed by atoms with Crippen molar-refractivity contribution in [2.24, 2.45) is 0 Å². The highest BCUT2D eigenvalue weighted by molar-refractivity contribution is 7.91. The maximum Gasteiger partial charge on any atom is 0.240 e. The molecular formula is C14H23N3O3S. The molecule has 2 aliphatic rings. The fourth-order valence-electron chi connectivity index (χ4n) is 3.23. The lowest BCUT2D eigenvalue weighted by Gasteiger charge is -2.08. The number of hydrogen-bond donors (Lipinski definition) is 1. The third kappa shape index (κ3) is 4.03. The van der Waals surface area contributed by atoms with E-state index in [0.29, 0.717) is 24.8 Å². The van der Waals surface area contributed by atoms with Crippen molar-refractivity contribution in [1.29, 1.82) is 0 Å². The van der Waals surface area contributed by atoms with Gasteiger partial charge in [0.15, 0.2) is 15.7 Å². The molecule has 0 spiro atoms. The van der Waals surface area contributed by atoms with Crippen LogP contribution in [-0.2, 0) is 16.4 Å². The van der Waals surface area contributed by atoms with Crippen molar-refractivity contribution in [2.75, 3.05) is 11.5 Å². The first-order valence-electron chi connectivity index (χ1n) is 7.89. The third-order valence-corrected chi connectivity index (χ3v) is 6.25. The lowest BCUT2D eigenvalue weighted by atomic mass is 10.00. The van der Waals surface area contributed by atoms with Crippen LogP contribution in [0.5, 0.6) is 0 Å². The summed E-state index contributed by atoms with van der Waals surface area (Å²) in [4.78, 5) is 4.48. The van der Waals surface area contributed by atoms with Gasteiger partial charge in [-0.05, 0) is 19.3 Å². The first kappa shape index (κ1) is 15.0. The van der Waals surface area contributed by atoms with E-state index in [9.17, 15) is 8.42 Å². The molecule has 21 heavy (non-hydrogen) atoms. The molecule has 6 nitrogen and oxygen atoms in total. The molecule has 1 aliphatic heterocycles. The van der Waals surface area contributed by atoms with E-state index in [1.54, 1.807) is 0 Å². The molecule has 3 rings (SSSR count). The number of rotatable bonds is 4. The molecule has 0 bridgehead atoms. The summed E-state index contributed by atoms with van der Waals surface area (Å²) in [5, 5.41) is 7.32. The van der Waals surface area contributed by atoms with Crippen LogP contribution in [-0.4, -0.2) is 36.1 Å². The molecule has 1 N–H and O–H groups in total. The van der Waals surface area contributed by atoms with Gasteiger partial charge >= 0.3 is 0 Å². The Morgan fingerprint density at radius 3 is 2.57 bits per heavy atom. The molecule has 1 saturated carbocycles. The largest absolute Gasteiger partial charge is 0.338 e. The van der Waals surface area contributed by atoms with E-state index in [-0.39, 0.29) is 17.5 Å². The number of nitrogens with one attached hydrogen (secondary N) is 1. The highest BCUT2D eigenvalue weighted by Gasteiger charge is 2.28. The van der Waals surface area contributed by atoms with Gasteiger partial charge in [0.2, 0.25) is 5.89 Å². The van der Waals surface area contributed by atoms with Gasteiger partial charge in [0, 0.05) is 12.0 Å². The van der Waals surface area contributed by atoms with Crippen molar-refractivity contribution in [3.05, 3.63) is 11.7 Å². The fourth-order valence-corrected chi connectivity index (χ4v) is 4.94. The lowest BCUT2D eigenvalue weighted by Crippen LogP contribution is -2.29. The van der Waals surface area contributed by atoms with Gasteiger partial charge in [-0.1, -0.05) is 30.8 Å². The Morgan fingerprint density at radius 1 is 1.14 bits per heavy atom. The highest BCUT2D eigenvalue weighted by Crippen LogP contribution is 2.29. The van der Waals surface area contributed by atoms with Crippen LogP contribution >= 0.6 is 0 Å². The summed E-state index contributed by atoms with van der Waals surface area (Å²) in [5.41, 5.74) is 0. The van der Waals surface area contributed by atoms with E-state index < -0.39 is 9.84 Å². The predicted octanol–water partition coefficient (Wildman–Crippen LogP) is 1.78. The molecule has 1 aromatic rings. The molecule has 1 unspecified atom stereocenters. The van der Waals surface area contributed by atoms with E-state index in [0.717, 1.165) is 18.7 Å². The average Bonchev–Trinajstić information content (AvgIpc) is 2.94. The summed E-state index contributed by atoms with van der Waals surface area (Å²) in [6, 6.07) is 0.0169. The molecule has 2 fully saturated rings. The zero-order valence-electron chi connectivity index (χ0n) is 12.3. The zero-order valence-corrected chi connectivity index (χ0v) is 13.1. The SMILES string of the molecule is O=S1(=O)CCC(NCc2nc(C3CCCCCC3)no2)C1. The molecule has 1 aromatic heterocycles. The molecule has 1 saturated heterocycles. The Bertz CT molecular complexity index is 562. The molecule has 0 aromatic carbocycles. The Kier molecular flexibility index (Phi) is 4.59. The second kappa shape index (κ2) is 6.44. The number of nitrogens with zero attached hydrogens (tertiary/aromatic N) is 2. The van der Waals surface area contributed by atoms with Gasteiger partial charge in [-0.15, -0.1) is 0 Å². The van der Waals surface area contributed by atoms with Crippen molar-refractivity contribution in [3.63, 3.8) is 0 Å². The maximum absolute atomic E-state index is 11.4. The summed E-state index contributed by atoms with van der Waals surface area (Å²) in [7, 11) is -2.84. The second-order valence-electron chi connectivity index (χ2n) is 6.22. The number of hydrogen-bond acceptors (Lipinski definition) is 6. The smallest absolute Gasteiger partial charge is 0.240 e. The quantitative estimate of drug-likeness (QED) is 0.853. The van der Waals surface area contributed by atoms with E-state index >= 15 is 0 Å². The van der Waals surface area contributed by atoms with Crippen LogP contribution < -0.4 is 5.32 Å². The topological polar surface area (TPSA) is 85.1 Å². The Hall–Kier alpha value is -0.950. The van der Waals surface area contributed by atoms with Crippen LogP contribution in [0, 0.1) is 0 Å². The van der Waals surface area contributed by atoms with Gasteiger partial charge in [-0.2, -0.15) is 4.98 Å². The van der Waals surface area contributed by atoms with Crippen molar-refractivity contribution in [2.45, 2.75) is 63.5 Å². The van der Waals surface area contributed by atoms with E-state index in [1.165, 1.54) is 25.7 Å². The molecule has 7 heteroatoms. The minimum Gasteiger partial charge on any atom is -0.338 e. The summed E-state index contributed by atoms with van der Waals surface area (Å²) >= 11 is 0. The molecule has 118 valence electrons. The molecule has 1 atom stereocenters. The second-order valence-corrected chi connectivity index (χ2v) is 8.44. The molecule has 0 radical (unpaired) electrons. The standard InChI is InChI=1S/C14H23N3O3S/c18-21(19)8-7-12(10-21)15-9-13-16-14(17-20-13)11-5-3-1-2-4-6-11/h11-12,15H,1-10H2. The van der Waals surface area contributed by atoms with E-state index in [1.807, 2.05) is 0 Å². The average molecular weight is 313 g/mol.